The summed E-state index contributed by atoms with van der Waals surface area (Å²) in [5, 5.41) is 2.21. The van der Waals surface area contributed by atoms with Gasteiger partial charge in [-0.25, -0.2) is 4.79 Å². The third-order valence-corrected chi connectivity index (χ3v) is 4.62. The summed E-state index contributed by atoms with van der Waals surface area (Å²) in [6.07, 6.45) is -5.76. The van der Waals surface area contributed by atoms with Crippen LogP contribution in [0, 0.1) is 13.8 Å². The normalized spacial score (nSPS) is 12.1. The number of ketones is 1. The number of aromatic nitrogens is 1. The summed E-state index contributed by atoms with van der Waals surface area (Å²) in [5.41, 5.74) is 0.0572. The Morgan fingerprint density at radius 3 is 2.22 bits per heavy atom. The first-order valence-corrected chi connectivity index (χ1v) is 9.33. The summed E-state index contributed by atoms with van der Waals surface area (Å²) < 4.78 is 47.4. The molecule has 32 heavy (non-hydrogen) atoms. The monoisotopic (exact) mass is 454 g/mol. The van der Waals surface area contributed by atoms with Crippen LogP contribution in [0.5, 0.6) is 0 Å². The lowest BCUT2D eigenvalue weighted by atomic mass is 10.1. The molecule has 1 heterocycles. The number of carbonyl (C=O) groups excluding carboxylic acids is 4. The molecule has 1 atom stereocenters. The smallest absolute Gasteiger partial charge is 0.416 e. The predicted octanol–water partition coefficient (Wildman–Crippen LogP) is 2.98. The van der Waals surface area contributed by atoms with E-state index in [1.165, 1.54) is 14.0 Å². The number of aryl methyl sites for hydroxylation is 1. The molecule has 0 spiro atoms. The number of methoxy groups -OCH3 is 1. The van der Waals surface area contributed by atoms with Crippen LogP contribution in [0.1, 0.15) is 54.9 Å². The highest BCUT2D eigenvalue weighted by Crippen LogP contribution is 2.29. The number of benzene rings is 1. The zero-order chi connectivity index (χ0) is 24.2. The van der Waals surface area contributed by atoms with Gasteiger partial charge in [0, 0.05) is 11.3 Å². The van der Waals surface area contributed by atoms with Crippen LogP contribution in [0.3, 0.4) is 0 Å². The van der Waals surface area contributed by atoms with E-state index < -0.39 is 48.0 Å². The van der Waals surface area contributed by atoms with Gasteiger partial charge in [0.25, 0.3) is 5.91 Å². The molecule has 2 rings (SSSR count). The van der Waals surface area contributed by atoms with Crippen LogP contribution in [0.25, 0.3) is 0 Å². The summed E-state index contributed by atoms with van der Waals surface area (Å²) in [5.74, 6) is -2.93. The Kier molecular flexibility index (Phi) is 7.44. The van der Waals surface area contributed by atoms with E-state index >= 15 is 0 Å². The first-order valence-electron chi connectivity index (χ1n) is 9.33. The molecule has 2 aromatic rings. The fraction of sp³-hybridized carbons (Fsp3) is 0.333. The zero-order valence-corrected chi connectivity index (χ0v) is 17.7. The molecule has 0 unspecified atom stereocenters. The number of Topliss-reactive ketones (excluding diaryl/α,β-unsaturated/α-hetero) is 1. The quantitative estimate of drug-likeness (QED) is 0.491. The van der Waals surface area contributed by atoms with Crippen LogP contribution in [-0.4, -0.2) is 48.4 Å². The predicted molar refractivity (Wildman–Crippen MR) is 105 cm³/mol. The molecule has 1 aromatic carbocycles. The fourth-order valence-corrected chi connectivity index (χ4v) is 2.97. The van der Waals surface area contributed by atoms with Gasteiger partial charge in [0.2, 0.25) is 5.78 Å². The molecule has 1 aromatic heterocycles. The molecule has 0 radical (unpaired) electrons. The van der Waals surface area contributed by atoms with Crippen LogP contribution in [0.15, 0.2) is 24.3 Å². The van der Waals surface area contributed by atoms with Crippen molar-refractivity contribution in [3.8, 4) is 0 Å². The lowest BCUT2D eigenvalue weighted by molar-refractivity contribution is -0.145. The van der Waals surface area contributed by atoms with Crippen molar-refractivity contribution in [2.45, 2.75) is 33.1 Å². The van der Waals surface area contributed by atoms with E-state index in [1.54, 1.807) is 13.8 Å². The van der Waals surface area contributed by atoms with E-state index in [2.05, 4.69) is 15.0 Å². The first kappa shape index (κ1) is 24.6. The van der Waals surface area contributed by atoms with Gasteiger partial charge in [0.1, 0.15) is 6.54 Å². The molecule has 0 aliphatic rings. The topological polar surface area (TPSA) is 115 Å². The highest BCUT2D eigenvalue weighted by atomic mass is 19.4. The minimum Gasteiger partial charge on any atom is -0.465 e. The van der Waals surface area contributed by atoms with Gasteiger partial charge in [0.15, 0.2) is 6.10 Å². The summed E-state index contributed by atoms with van der Waals surface area (Å²) in [6, 6.07) is 3.45. The van der Waals surface area contributed by atoms with E-state index in [4.69, 9.17) is 4.74 Å². The zero-order valence-electron chi connectivity index (χ0n) is 17.7. The standard InChI is InChI=1S/C21H21F3N2O6/c1-10-16(20(30)31-4)11(2)26-17(10)18(28)12(3)32-15(27)9-25-19(29)13-5-7-14(8-6-13)21(22,23)24/h5-8,12,26H,9H2,1-4H3,(H,25,29)/t12-/m0/s1. The number of hydrogen-bond acceptors (Lipinski definition) is 6. The highest BCUT2D eigenvalue weighted by molar-refractivity contribution is 6.04. The average molecular weight is 454 g/mol. The molecule has 0 aliphatic heterocycles. The number of ether oxygens (including phenoxy) is 2. The molecule has 0 saturated carbocycles. The largest absolute Gasteiger partial charge is 0.465 e. The second-order valence-corrected chi connectivity index (χ2v) is 6.87. The molecular weight excluding hydrogens is 433 g/mol. The number of carbonyl (C=O) groups is 4. The second kappa shape index (κ2) is 9.67. The Bertz CT molecular complexity index is 1040. The number of nitrogens with one attached hydrogen (secondary N) is 2. The lowest BCUT2D eigenvalue weighted by Crippen LogP contribution is -2.34. The maximum Gasteiger partial charge on any atom is 0.416 e. The van der Waals surface area contributed by atoms with Crippen molar-refractivity contribution in [3.05, 3.63) is 57.9 Å². The number of amides is 1. The highest BCUT2D eigenvalue weighted by Gasteiger charge is 2.30. The third-order valence-electron chi connectivity index (χ3n) is 4.62. The maximum atomic E-state index is 12.6. The SMILES string of the molecule is COC(=O)c1c(C)[nH]c(C(=O)[C@H](C)OC(=O)CNC(=O)c2ccc(C(F)(F)F)cc2)c1C. The molecule has 0 aliphatic carbocycles. The van der Waals surface area contributed by atoms with Crippen LogP contribution < -0.4 is 5.32 Å². The Hall–Kier alpha value is -3.63. The molecule has 8 nitrogen and oxygen atoms in total. The molecule has 172 valence electrons. The summed E-state index contributed by atoms with van der Waals surface area (Å²) in [6.45, 7) is 3.85. The minimum atomic E-state index is -4.53. The third kappa shape index (κ3) is 5.54. The van der Waals surface area contributed by atoms with Gasteiger partial charge in [-0.1, -0.05) is 0 Å². The summed E-state index contributed by atoms with van der Waals surface area (Å²) in [7, 11) is 1.21. The number of hydrogen-bond donors (Lipinski definition) is 2. The molecule has 1 amide bonds. The number of aromatic amines is 1. The van der Waals surface area contributed by atoms with Gasteiger partial charge in [0.05, 0.1) is 23.9 Å². The Morgan fingerprint density at radius 2 is 1.69 bits per heavy atom. The first-order chi connectivity index (χ1) is 14.9. The van der Waals surface area contributed by atoms with E-state index in [0.29, 0.717) is 11.3 Å². The van der Waals surface area contributed by atoms with Crippen molar-refractivity contribution in [3.63, 3.8) is 0 Å². The minimum absolute atomic E-state index is 0.0805. The number of rotatable bonds is 7. The lowest BCUT2D eigenvalue weighted by Gasteiger charge is -2.13. The Labute approximate surface area is 181 Å². The van der Waals surface area contributed by atoms with Gasteiger partial charge in [-0.05, 0) is 50.6 Å². The van der Waals surface area contributed by atoms with Gasteiger partial charge < -0.3 is 19.8 Å². The van der Waals surface area contributed by atoms with Gasteiger partial charge in [-0.3, -0.25) is 14.4 Å². The van der Waals surface area contributed by atoms with Crippen LogP contribution >= 0.6 is 0 Å². The molecule has 11 heteroatoms. The van der Waals surface area contributed by atoms with Crippen LogP contribution in [0.2, 0.25) is 0 Å². The molecular formula is C21H21F3N2O6. The van der Waals surface area contributed by atoms with Crippen molar-refractivity contribution in [2.24, 2.45) is 0 Å². The van der Waals surface area contributed by atoms with E-state index in [0.717, 1.165) is 24.3 Å². The molecule has 0 bridgehead atoms. The maximum absolute atomic E-state index is 12.6. The molecule has 0 fully saturated rings. The van der Waals surface area contributed by atoms with Crippen molar-refractivity contribution in [2.75, 3.05) is 13.7 Å². The average Bonchev–Trinajstić information content (AvgIpc) is 3.04. The molecule has 2 N–H and O–H groups in total. The fourth-order valence-electron chi connectivity index (χ4n) is 2.97. The number of esters is 2. The van der Waals surface area contributed by atoms with Crippen molar-refractivity contribution in [1.29, 1.82) is 0 Å². The summed E-state index contributed by atoms with van der Waals surface area (Å²) in [4.78, 5) is 51.2. The van der Waals surface area contributed by atoms with Gasteiger partial charge in [-0.15, -0.1) is 0 Å². The van der Waals surface area contributed by atoms with E-state index in [-0.39, 0.29) is 16.8 Å². The number of halogens is 3. The van der Waals surface area contributed by atoms with Crippen LogP contribution in [0.4, 0.5) is 13.2 Å². The Balaban J connectivity index is 1.96. The van der Waals surface area contributed by atoms with Crippen molar-refractivity contribution >= 4 is 23.6 Å². The van der Waals surface area contributed by atoms with Crippen molar-refractivity contribution < 1.29 is 41.8 Å². The van der Waals surface area contributed by atoms with E-state index in [1.807, 2.05) is 0 Å². The van der Waals surface area contributed by atoms with Gasteiger partial charge >= 0.3 is 18.1 Å². The molecule has 0 saturated heterocycles. The van der Waals surface area contributed by atoms with Crippen LogP contribution in [-0.2, 0) is 20.4 Å². The second-order valence-electron chi connectivity index (χ2n) is 6.87. The Morgan fingerprint density at radius 1 is 1.09 bits per heavy atom. The summed E-state index contributed by atoms with van der Waals surface area (Å²) >= 11 is 0. The number of H-pyrrole nitrogens is 1. The van der Waals surface area contributed by atoms with Gasteiger partial charge in [-0.2, -0.15) is 13.2 Å². The number of alkyl halides is 3. The van der Waals surface area contributed by atoms with Crippen molar-refractivity contribution in [1.82, 2.24) is 10.3 Å². The van der Waals surface area contributed by atoms with E-state index in [9.17, 15) is 32.3 Å².